The molecule has 0 aliphatic heterocycles. The molecule has 4 heteroatoms. The van der Waals surface area contributed by atoms with Gasteiger partial charge in [0.2, 0.25) is 0 Å². The normalized spacial score (nSPS) is 11.6. The van der Waals surface area contributed by atoms with Crippen molar-refractivity contribution in [3.8, 4) is 33.6 Å². The van der Waals surface area contributed by atoms with E-state index in [0.29, 0.717) is 11.4 Å². The summed E-state index contributed by atoms with van der Waals surface area (Å²) in [5.41, 5.74) is 8.79. The maximum absolute atomic E-state index is 6.08. The van der Waals surface area contributed by atoms with E-state index >= 15 is 0 Å². The molecule has 0 aliphatic carbocycles. The van der Waals surface area contributed by atoms with E-state index in [1.54, 1.807) is 6.20 Å². The molecule has 3 aromatic heterocycles. The predicted octanol–water partition coefficient (Wildman–Crippen LogP) is 9.08. The van der Waals surface area contributed by atoms with Crippen LogP contribution < -0.4 is 0 Å². The van der Waals surface area contributed by atoms with Crippen molar-refractivity contribution in [2.24, 2.45) is 0 Å². The number of pyridine rings is 1. The maximum Gasteiger partial charge on any atom is 0.172 e. The summed E-state index contributed by atoms with van der Waals surface area (Å²) >= 11 is 0. The van der Waals surface area contributed by atoms with E-state index in [0.717, 1.165) is 60.6 Å². The van der Waals surface area contributed by atoms with Crippen molar-refractivity contribution in [2.75, 3.05) is 0 Å². The summed E-state index contributed by atoms with van der Waals surface area (Å²) in [6.45, 7) is 0. The maximum atomic E-state index is 6.08. The Morgan fingerprint density at radius 3 is 2.28 bits per heavy atom. The molecule has 0 aliphatic rings. The van der Waals surface area contributed by atoms with Crippen LogP contribution in [-0.4, -0.2) is 15.0 Å². The van der Waals surface area contributed by atoms with Crippen molar-refractivity contribution < 1.29 is 4.42 Å². The summed E-state index contributed by atoms with van der Waals surface area (Å²) in [4.78, 5) is 14.4. The smallest absolute Gasteiger partial charge is 0.172 e. The van der Waals surface area contributed by atoms with Crippen molar-refractivity contribution in [2.45, 2.75) is 0 Å². The molecule has 0 saturated heterocycles. The molecule has 5 aromatic carbocycles. The van der Waals surface area contributed by atoms with Gasteiger partial charge in [0, 0.05) is 27.9 Å². The van der Waals surface area contributed by atoms with Crippen molar-refractivity contribution in [1.29, 1.82) is 0 Å². The molecule has 8 rings (SSSR count). The second-order valence-electron chi connectivity index (χ2n) is 9.71. The molecule has 39 heavy (non-hydrogen) atoms. The molecule has 4 nitrogen and oxygen atoms in total. The zero-order valence-electron chi connectivity index (χ0n) is 20.9. The lowest BCUT2D eigenvalue weighted by atomic mass is 9.95. The Labute approximate surface area is 224 Å². The molecule has 0 spiro atoms. The second-order valence-corrected chi connectivity index (χ2v) is 9.71. The predicted molar refractivity (Wildman–Crippen MR) is 158 cm³/mol. The first-order chi connectivity index (χ1) is 19.3. The molecule has 0 fully saturated rings. The summed E-state index contributed by atoms with van der Waals surface area (Å²) in [6.07, 6.45) is 3.64. The molecule has 0 amide bonds. The van der Waals surface area contributed by atoms with Crippen molar-refractivity contribution >= 4 is 43.7 Å². The summed E-state index contributed by atoms with van der Waals surface area (Å²) < 4.78 is 6.08. The molecule has 0 radical (unpaired) electrons. The van der Waals surface area contributed by atoms with Gasteiger partial charge < -0.3 is 4.42 Å². The number of nitrogens with zero attached hydrogens (tertiary/aromatic N) is 3. The van der Waals surface area contributed by atoms with Gasteiger partial charge in [0.25, 0.3) is 0 Å². The van der Waals surface area contributed by atoms with Gasteiger partial charge in [-0.3, -0.25) is 4.98 Å². The topological polar surface area (TPSA) is 51.8 Å². The van der Waals surface area contributed by atoms with E-state index in [4.69, 9.17) is 14.4 Å². The lowest BCUT2D eigenvalue weighted by molar-refractivity contribution is 0.666. The van der Waals surface area contributed by atoms with Gasteiger partial charge in [-0.15, -0.1) is 0 Å². The monoisotopic (exact) mass is 499 g/mol. The zero-order valence-corrected chi connectivity index (χ0v) is 20.9. The van der Waals surface area contributed by atoms with E-state index in [9.17, 15) is 0 Å². The largest absolute Gasteiger partial charge is 0.453 e. The van der Waals surface area contributed by atoms with Crippen LogP contribution in [0.5, 0.6) is 0 Å². The number of benzene rings is 5. The van der Waals surface area contributed by atoms with Gasteiger partial charge in [-0.05, 0) is 51.9 Å². The highest BCUT2D eigenvalue weighted by Gasteiger charge is 2.14. The molecular weight excluding hydrogens is 478 g/mol. The van der Waals surface area contributed by atoms with Crippen LogP contribution in [0.25, 0.3) is 77.4 Å². The van der Waals surface area contributed by atoms with E-state index < -0.39 is 0 Å². The lowest BCUT2D eigenvalue weighted by Crippen LogP contribution is -1.90. The Morgan fingerprint density at radius 1 is 0.513 bits per heavy atom. The Kier molecular flexibility index (Phi) is 4.79. The third-order valence-electron chi connectivity index (χ3n) is 7.36. The van der Waals surface area contributed by atoms with E-state index in [2.05, 4.69) is 102 Å². The van der Waals surface area contributed by atoms with Crippen LogP contribution in [0.3, 0.4) is 0 Å². The Bertz CT molecular complexity index is 2180. The highest BCUT2D eigenvalue weighted by Crippen LogP contribution is 2.36. The minimum Gasteiger partial charge on any atom is -0.453 e. The summed E-state index contributed by atoms with van der Waals surface area (Å²) in [5.74, 6) is 0.667. The zero-order chi connectivity index (χ0) is 25.8. The molecule has 0 atom stereocenters. The standard InChI is InChI=1S/C35H21N3O/c1-2-7-22(8-3-1)25-16-17-30-29(20-25)34-31(39-30)21-37-35(38-34)27-11-4-10-26(19-27)28-13-5-9-23-14-15-24-12-6-18-36-33(24)32(23)28/h1-21H. The number of furan rings is 1. The SMILES string of the molecule is c1ccc(-c2ccc3oc4cnc(-c5cccc(-c6cccc7ccc8cccnc8c67)c5)nc4c3c2)cc1. The fourth-order valence-electron chi connectivity index (χ4n) is 5.49. The Balaban J connectivity index is 1.28. The van der Waals surface area contributed by atoms with Gasteiger partial charge in [-0.2, -0.15) is 0 Å². The van der Waals surface area contributed by atoms with Gasteiger partial charge in [-0.25, -0.2) is 9.97 Å². The van der Waals surface area contributed by atoms with Crippen molar-refractivity contribution in [3.63, 3.8) is 0 Å². The number of rotatable bonds is 3. The third-order valence-corrected chi connectivity index (χ3v) is 7.36. The minimum atomic E-state index is 0.667. The Morgan fingerprint density at radius 2 is 1.33 bits per heavy atom. The number of hydrogen-bond acceptors (Lipinski definition) is 4. The average Bonchev–Trinajstić information content (AvgIpc) is 3.38. The lowest BCUT2D eigenvalue weighted by Gasteiger charge is -2.11. The Hall–Kier alpha value is -5.35. The summed E-state index contributed by atoms with van der Waals surface area (Å²) in [6, 6.07) is 39.8. The fourth-order valence-corrected chi connectivity index (χ4v) is 5.49. The number of aromatic nitrogens is 3. The van der Waals surface area contributed by atoms with Gasteiger partial charge in [0.1, 0.15) is 11.1 Å². The highest BCUT2D eigenvalue weighted by molar-refractivity contribution is 6.12. The van der Waals surface area contributed by atoms with Gasteiger partial charge >= 0.3 is 0 Å². The van der Waals surface area contributed by atoms with Gasteiger partial charge in [0.05, 0.1) is 11.7 Å². The van der Waals surface area contributed by atoms with Crippen LogP contribution in [0, 0.1) is 0 Å². The molecule has 0 unspecified atom stereocenters. The van der Waals surface area contributed by atoms with Crippen LogP contribution in [-0.2, 0) is 0 Å². The van der Waals surface area contributed by atoms with Gasteiger partial charge in [-0.1, -0.05) is 91.0 Å². The van der Waals surface area contributed by atoms with Crippen LogP contribution in [0.4, 0.5) is 0 Å². The van der Waals surface area contributed by atoms with E-state index in [-0.39, 0.29) is 0 Å². The van der Waals surface area contributed by atoms with Crippen LogP contribution in [0.2, 0.25) is 0 Å². The third kappa shape index (κ3) is 3.57. The first-order valence-corrected chi connectivity index (χ1v) is 12.9. The average molecular weight is 500 g/mol. The first-order valence-electron chi connectivity index (χ1n) is 12.9. The molecule has 8 aromatic rings. The molecule has 3 heterocycles. The minimum absolute atomic E-state index is 0.667. The molecule has 0 saturated carbocycles. The van der Waals surface area contributed by atoms with Crippen LogP contribution >= 0.6 is 0 Å². The summed E-state index contributed by atoms with van der Waals surface area (Å²) in [5, 5.41) is 4.43. The van der Waals surface area contributed by atoms with E-state index in [1.807, 2.05) is 24.4 Å². The first kappa shape index (κ1) is 21.7. The van der Waals surface area contributed by atoms with Crippen molar-refractivity contribution in [3.05, 3.63) is 128 Å². The molecule has 182 valence electrons. The van der Waals surface area contributed by atoms with Crippen LogP contribution in [0.15, 0.2) is 132 Å². The van der Waals surface area contributed by atoms with Crippen molar-refractivity contribution in [1.82, 2.24) is 15.0 Å². The second kappa shape index (κ2) is 8.61. The molecular formula is C35H21N3O. The van der Waals surface area contributed by atoms with Gasteiger partial charge in [0.15, 0.2) is 11.4 Å². The van der Waals surface area contributed by atoms with E-state index in [1.165, 1.54) is 5.39 Å². The number of fused-ring (bicyclic) bond motifs is 6. The summed E-state index contributed by atoms with van der Waals surface area (Å²) in [7, 11) is 0. The quantitative estimate of drug-likeness (QED) is 0.228. The fraction of sp³-hybridized carbons (Fsp3) is 0. The molecule has 0 bridgehead atoms. The van der Waals surface area contributed by atoms with Crippen LogP contribution in [0.1, 0.15) is 0 Å². The highest BCUT2D eigenvalue weighted by atomic mass is 16.3. The molecule has 0 N–H and O–H groups in total. The number of hydrogen-bond donors (Lipinski definition) is 0.